The normalized spacial score (nSPS) is 17.6. The number of halogens is 1. The number of benzene rings is 1. The van der Waals surface area contributed by atoms with Crippen molar-refractivity contribution in [2.75, 3.05) is 17.8 Å². The van der Waals surface area contributed by atoms with E-state index in [2.05, 4.69) is 11.6 Å². The van der Waals surface area contributed by atoms with Crippen LogP contribution < -0.4 is 4.72 Å². The SMILES string of the molecule is CC1CCN(S(=O)(=O)Nc2cc(C(=O)O)ccc2Cl)CC1. The summed E-state index contributed by atoms with van der Waals surface area (Å²) in [6.07, 6.45) is 1.62. The van der Waals surface area contributed by atoms with Crippen LogP contribution in [0.1, 0.15) is 30.1 Å². The van der Waals surface area contributed by atoms with Crippen LogP contribution in [-0.2, 0) is 10.2 Å². The molecule has 0 spiro atoms. The quantitative estimate of drug-likeness (QED) is 0.886. The van der Waals surface area contributed by atoms with Gasteiger partial charge in [0.2, 0.25) is 0 Å². The number of carboxylic acids is 1. The zero-order valence-electron chi connectivity index (χ0n) is 11.5. The second-order valence-electron chi connectivity index (χ2n) is 5.19. The molecule has 0 atom stereocenters. The monoisotopic (exact) mass is 332 g/mol. The molecular formula is C13H17ClN2O4S. The van der Waals surface area contributed by atoms with Crippen LogP contribution in [-0.4, -0.2) is 36.9 Å². The summed E-state index contributed by atoms with van der Waals surface area (Å²) >= 11 is 5.93. The maximum absolute atomic E-state index is 12.3. The molecule has 1 aromatic rings. The molecule has 0 aromatic heterocycles. The number of piperidine rings is 1. The Balaban J connectivity index is 2.20. The molecule has 1 aliphatic heterocycles. The molecule has 0 unspecified atom stereocenters. The summed E-state index contributed by atoms with van der Waals surface area (Å²) < 4.78 is 28.3. The number of rotatable bonds is 4. The molecule has 0 radical (unpaired) electrons. The number of anilines is 1. The predicted octanol–water partition coefficient (Wildman–Crippen LogP) is 2.43. The van der Waals surface area contributed by atoms with E-state index in [0.29, 0.717) is 19.0 Å². The van der Waals surface area contributed by atoms with Crippen molar-refractivity contribution >= 4 is 33.5 Å². The molecule has 0 bridgehead atoms. The predicted molar refractivity (Wildman–Crippen MR) is 80.9 cm³/mol. The van der Waals surface area contributed by atoms with Crippen LogP contribution in [0.5, 0.6) is 0 Å². The first kappa shape index (κ1) is 16.1. The molecule has 0 amide bonds. The summed E-state index contributed by atoms with van der Waals surface area (Å²) in [7, 11) is -3.72. The summed E-state index contributed by atoms with van der Waals surface area (Å²) in [4.78, 5) is 10.9. The van der Waals surface area contributed by atoms with Gasteiger partial charge < -0.3 is 5.11 Å². The van der Waals surface area contributed by atoms with Crippen molar-refractivity contribution in [2.24, 2.45) is 5.92 Å². The molecule has 6 nitrogen and oxygen atoms in total. The minimum Gasteiger partial charge on any atom is -0.478 e. The molecule has 1 heterocycles. The first-order valence-electron chi connectivity index (χ1n) is 6.60. The third kappa shape index (κ3) is 3.87. The topological polar surface area (TPSA) is 86.7 Å². The average Bonchev–Trinajstić information content (AvgIpc) is 2.41. The highest BCUT2D eigenvalue weighted by Gasteiger charge is 2.27. The maximum Gasteiger partial charge on any atom is 0.335 e. The van der Waals surface area contributed by atoms with Gasteiger partial charge in [-0.15, -0.1) is 0 Å². The zero-order valence-corrected chi connectivity index (χ0v) is 13.1. The van der Waals surface area contributed by atoms with Crippen molar-refractivity contribution in [1.29, 1.82) is 0 Å². The van der Waals surface area contributed by atoms with Crippen LogP contribution in [0, 0.1) is 5.92 Å². The number of carbonyl (C=O) groups is 1. The molecule has 8 heteroatoms. The molecular weight excluding hydrogens is 316 g/mol. The van der Waals surface area contributed by atoms with Crippen LogP contribution in [0.4, 0.5) is 5.69 Å². The van der Waals surface area contributed by atoms with Crippen LogP contribution >= 0.6 is 11.6 Å². The highest BCUT2D eigenvalue weighted by molar-refractivity contribution is 7.90. The fraction of sp³-hybridized carbons (Fsp3) is 0.462. The Kier molecular flexibility index (Phi) is 4.75. The van der Waals surface area contributed by atoms with Crippen molar-refractivity contribution in [2.45, 2.75) is 19.8 Å². The van der Waals surface area contributed by atoms with E-state index in [4.69, 9.17) is 16.7 Å². The number of aromatic carboxylic acids is 1. The van der Waals surface area contributed by atoms with Gasteiger partial charge in [-0.05, 0) is 37.0 Å². The third-order valence-electron chi connectivity index (χ3n) is 3.53. The summed E-state index contributed by atoms with van der Waals surface area (Å²) in [6.45, 7) is 2.99. The van der Waals surface area contributed by atoms with E-state index < -0.39 is 16.2 Å². The molecule has 1 fully saturated rings. The first-order chi connectivity index (χ1) is 9.79. The Morgan fingerprint density at radius 1 is 1.38 bits per heavy atom. The Morgan fingerprint density at radius 2 is 2.00 bits per heavy atom. The van der Waals surface area contributed by atoms with E-state index in [0.717, 1.165) is 12.8 Å². The van der Waals surface area contributed by atoms with Gasteiger partial charge in [0.05, 0.1) is 16.3 Å². The molecule has 0 saturated carbocycles. The Labute approximate surface area is 128 Å². The Bertz CT molecular complexity index is 640. The lowest BCUT2D eigenvalue weighted by Gasteiger charge is -2.29. The van der Waals surface area contributed by atoms with Gasteiger partial charge in [-0.2, -0.15) is 12.7 Å². The fourth-order valence-electron chi connectivity index (χ4n) is 2.17. The summed E-state index contributed by atoms with van der Waals surface area (Å²) in [5.41, 5.74) is 0.0551. The van der Waals surface area contributed by atoms with Crippen molar-refractivity contribution in [1.82, 2.24) is 4.31 Å². The molecule has 21 heavy (non-hydrogen) atoms. The van der Waals surface area contributed by atoms with Gasteiger partial charge in [-0.25, -0.2) is 4.79 Å². The summed E-state index contributed by atoms with van der Waals surface area (Å²) in [6, 6.07) is 3.90. The number of hydrogen-bond acceptors (Lipinski definition) is 3. The van der Waals surface area contributed by atoms with E-state index in [1.165, 1.54) is 22.5 Å². The number of nitrogens with one attached hydrogen (secondary N) is 1. The summed E-state index contributed by atoms with van der Waals surface area (Å²) in [5, 5.41) is 9.11. The van der Waals surface area contributed by atoms with Gasteiger partial charge >= 0.3 is 16.2 Å². The van der Waals surface area contributed by atoms with Gasteiger partial charge in [0.1, 0.15) is 0 Å². The summed E-state index contributed by atoms with van der Waals surface area (Å²) in [5.74, 6) is -0.630. The Hall–Kier alpha value is -1.31. The van der Waals surface area contributed by atoms with Crippen molar-refractivity contribution in [3.8, 4) is 0 Å². The lowest BCUT2D eigenvalue weighted by atomic mass is 10.0. The van der Waals surface area contributed by atoms with Gasteiger partial charge in [-0.3, -0.25) is 4.72 Å². The van der Waals surface area contributed by atoms with E-state index in [9.17, 15) is 13.2 Å². The largest absolute Gasteiger partial charge is 0.478 e. The molecule has 1 aromatic carbocycles. The molecule has 1 aliphatic rings. The van der Waals surface area contributed by atoms with Crippen LogP contribution in [0.2, 0.25) is 5.02 Å². The van der Waals surface area contributed by atoms with E-state index in [1.807, 2.05) is 0 Å². The highest BCUT2D eigenvalue weighted by atomic mass is 35.5. The molecule has 2 N–H and O–H groups in total. The standard InChI is InChI=1S/C13H17ClN2O4S/c1-9-4-6-16(7-5-9)21(19,20)15-12-8-10(13(17)18)2-3-11(12)14/h2-3,8-9,15H,4-7H2,1H3,(H,17,18). The van der Waals surface area contributed by atoms with E-state index >= 15 is 0 Å². The molecule has 2 rings (SSSR count). The van der Waals surface area contributed by atoms with Gasteiger partial charge in [0.25, 0.3) is 0 Å². The van der Waals surface area contributed by atoms with Gasteiger partial charge in [0.15, 0.2) is 0 Å². The third-order valence-corrected chi connectivity index (χ3v) is 5.39. The van der Waals surface area contributed by atoms with Crippen molar-refractivity contribution in [3.63, 3.8) is 0 Å². The smallest absolute Gasteiger partial charge is 0.335 e. The molecule has 116 valence electrons. The second-order valence-corrected chi connectivity index (χ2v) is 7.27. The lowest BCUT2D eigenvalue weighted by molar-refractivity contribution is 0.0697. The maximum atomic E-state index is 12.3. The van der Waals surface area contributed by atoms with Crippen LogP contribution in [0.15, 0.2) is 18.2 Å². The first-order valence-corrected chi connectivity index (χ1v) is 8.42. The van der Waals surface area contributed by atoms with E-state index in [-0.39, 0.29) is 16.3 Å². The molecule has 1 saturated heterocycles. The second kappa shape index (κ2) is 6.21. The fourth-order valence-corrected chi connectivity index (χ4v) is 3.65. The Morgan fingerprint density at radius 3 is 2.57 bits per heavy atom. The molecule has 0 aliphatic carbocycles. The van der Waals surface area contributed by atoms with Crippen molar-refractivity contribution in [3.05, 3.63) is 28.8 Å². The van der Waals surface area contributed by atoms with Crippen LogP contribution in [0.3, 0.4) is 0 Å². The van der Waals surface area contributed by atoms with Crippen LogP contribution in [0.25, 0.3) is 0 Å². The van der Waals surface area contributed by atoms with Crippen molar-refractivity contribution < 1.29 is 18.3 Å². The minimum absolute atomic E-state index is 0.0237. The number of hydrogen-bond donors (Lipinski definition) is 2. The minimum atomic E-state index is -3.72. The zero-order chi connectivity index (χ0) is 15.6. The van der Waals surface area contributed by atoms with Gasteiger partial charge in [0, 0.05) is 13.1 Å². The average molecular weight is 333 g/mol. The number of nitrogens with zero attached hydrogens (tertiary/aromatic N) is 1. The lowest BCUT2D eigenvalue weighted by Crippen LogP contribution is -2.41. The number of carboxylic acid groups (broad SMARTS) is 1. The van der Waals surface area contributed by atoms with E-state index in [1.54, 1.807) is 0 Å². The van der Waals surface area contributed by atoms with Gasteiger partial charge in [-0.1, -0.05) is 18.5 Å². The highest BCUT2D eigenvalue weighted by Crippen LogP contribution is 2.26.